The molecule has 148 valence electrons. The molecule has 1 aliphatic rings. The molecule has 26 heavy (non-hydrogen) atoms. The van der Waals surface area contributed by atoms with Gasteiger partial charge in [0, 0.05) is 13.3 Å². The highest BCUT2D eigenvalue weighted by Gasteiger charge is 2.45. The van der Waals surface area contributed by atoms with Gasteiger partial charge in [-0.3, -0.25) is 18.6 Å². The van der Waals surface area contributed by atoms with E-state index in [1.807, 2.05) is 0 Å². The fourth-order valence-electron chi connectivity index (χ4n) is 2.08. The summed E-state index contributed by atoms with van der Waals surface area (Å²) in [7, 11) is -9.07. The van der Waals surface area contributed by atoms with Gasteiger partial charge in [-0.25, -0.2) is 13.9 Å². The summed E-state index contributed by atoms with van der Waals surface area (Å²) in [6, 6.07) is 1.35. The quantitative estimate of drug-likeness (QED) is 0.271. The number of phosphoric ester groups is 2. The minimum Gasteiger partial charge on any atom is -0.387 e. The zero-order valence-electron chi connectivity index (χ0n) is 13.1. The normalized spacial score (nSPS) is 30.7. The molecule has 1 aromatic heterocycles. The van der Waals surface area contributed by atoms with E-state index in [2.05, 4.69) is 18.3 Å². The molecule has 2 heterocycles. The number of rotatable bonds is 7. The van der Waals surface area contributed by atoms with Gasteiger partial charge < -0.3 is 24.7 Å². The second-order valence-electron chi connectivity index (χ2n) is 5.06. The van der Waals surface area contributed by atoms with E-state index in [1.165, 1.54) is 12.3 Å². The van der Waals surface area contributed by atoms with Crippen molar-refractivity contribution in [3.8, 4) is 0 Å². The molecule has 0 aromatic carbocycles. The van der Waals surface area contributed by atoms with E-state index in [4.69, 9.17) is 21.8 Å². The van der Waals surface area contributed by atoms with Crippen molar-refractivity contribution in [2.75, 3.05) is 13.7 Å². The van der Waals surface area contributed by atoms with E-state index < -0.39 is 52.5 Å². The first-order chi connectivity index (χ1) is 12.0. The van der Waals surface area contributed by atoms with E-state index in [9.17, 15) is 29.0 Å². The van der Waals surface area contributed by atoms with Gasteiger partial charge >= 0.3 is 21.3 Å². The number of H-pyrrole nitrogens is 1. The molecule has 5 N–H and O–H groups in total. The van der Waals surface area contributed by atoms with Gasteiger partial charge in [-0.05, 0) is 6.07 Å². The standard InChI is InChI=1S/C10H16N2O11P2S/c1-20-24(16,17)23-25(18,19)21-4-5-7(13)8(14)9(22-5)12-3-2-6(26)11-10(12)15/h2-3,5,7-9,13-14H,4H2,1H3,(H,16,17)(H,18,19)(H,11,15,26)/t5-,7-,8-,9-/m1/s1. The molecule has 1 aliphatic heterocycles. The number of aliphatic hydroxyl groups excluding tert-OH is 2. The summed E-state index contributed by atoms with van der Waals surface area (Å²) in [4.78, 5) is 32.5. The van der Waals surface area contributed by atoms with Crippen LogP contribution in [0.1, 0.15) is 6.23 Å². The van der Waals surface area contributed by atoms with Crippen LogP contribution in [0.4, 0.5) is 0 Å². The molecule has 0 radical (unpaired) electrons. The fraction of sp³-hybridized carbons (Fsp3) is 0.600. The predicted octanol–water partition coefficient (Wildman–Crippen LogP) is -0.595. The Bertz CT molecular complexity index is 856. The zero-order valence-corrected chi connectivity index (χ0v) is 15.7. The second kappa shape index (κ2) is 8.09. The van der Waals surface area contributed by atoms with Crippen molar-refractivity contribution in [3.05, 3.63) is 27.4 Å². The summed E-state index contributed by atoms with van der Waals surface area (Å²) in [5, 5.41) is 20.0. The lowest BCUT2D eigenvalue weighted by atomic mass is 10.1. The lowest BCUT2D eigenvalue weighted by Crippen LogP contribution is -2.36. The van der Waals surface area contributed by atoms with E-state index in [1.54, 1.807) is 0 Å². The zero-order chi connectivity index (χ0) is 19.7. The molecule has 6 atom stereocenters. The second-order valence-corrected chi connectivity index (χ2v) is 8.65. The monoisotopic (exact) mass is 434 g/mol. The number of nitrogens with zero attached hydrogens (tertiary/aromatic N) is 1. The van der Waals surface area contributed by atoms with Gasteiger partial charge in [0.05, 0.1) is 6.61 Å². The largest absolute Gasteiger partial charge is 0.481 e. The molecule has 0 spiro atoms. The maximum absolute atomic E-state index is 11.9. The van der Waals surface area contributed by atoms with Crippen molar-refractivity contribution in [2.45, 2.75) is 24.5 Å². The lowest BCUT2D eigenvalue weighted by Gasteiger charge is -2.18. The molecule has 0 aliphatic carbocycles. The molecule has 1 saturated heterocycles. The minimum atomic E-state index is -5.04. The first-order valence-electron chi connectivity index (χ1n) is 6.86. The van der Waals surface area contributed by atoms with E-state index in [0.717, 1.165) is 11.7 Å². The number of aliphatic hydroxyl groups is 2. The molecular weight excluding hydrogens is 418 g/mol. The molecule has 0 saturated carbocycles. The number of hydrogen-bond donors (Lipinski definition) is 5. The van der Waals surface area contributed by atoms with Gasteiger partial charge in [-0.15, -0.1) is 0 Å². The van der Waals surface area contributed by atoms with Gasteiger partial charge in [0.1, 0.15) is 23.0 Å². The van der Waals surface area contributed by atoms with Gasteiger partial charge in [-0.1, -0.05) is 12.2 Å². The van der Waals surface area contributed by atoms with Gasteiger partial charge in [-0.2, -0.15) is 4.31 Å². The number of nitrogens with one attached hydrogen (secondary N) is 1. The van der Waals surface area contributed by atoms with Crippen LogP contribution in [0, 0.1) is 4.64 Å². The number of hydrogen-bond acceptors (Lipinski definition) is 10. The highest BCUT2D eigenvalue weighted by molar-refractivity contribution is 7.71. The van der Waals surface area contributed by atoms with E-state index in [-0.39, 0.29) is 4.64 Å². The van der Waals surface area contributed by atoms with Crippen molar-refractivity contribution in [1.29, 1.82) is 0 Å². The summed E-state index contributed by atoms with van der Waals surface area (Å²) in [6.45, 7) is -0.802. The Hall–Kier alpha value is -0.760. The van der Waals surface area contributed by atoms with Crippen LogP contribution in [-0.2, 0) is 27.2 Å². The Balaban J connectivity index is 2.08. The third-order valence-electron chi connectivity index (χ3n) is 3.30. The van der Waals surface area contributed by atoms with Crippen molar-refractivity contribution >= 4 is 27.9 Å². The van der Waals surface area contributed by atoms with E-state index in [0.29, 0.717) is 0 Å². The Labute approximate surface area is 151 Å². The van der Waals surface area contributed by atoms with Gasteiger partial charge in [0.15, 0.2) is 6.23 Å². The predicted molar refractivity (Wildman–Crippen MR) is 85.5 cm³/mol. The molecule has 0 amide bonds. The van der Waals surface area contributed by atoms with Crippen LogP contribution in [-0.4, -0.2) is 61.6 Å². The number of ether oxygens (including phenoxy) is 1. The summed E-state index contributed by atoms with van der Waals surface area (Å²) < 4.78 is 41.5. The smallest absolute Gasteiger partial charge is 0.387 e. The number of phosphoric acid groups is 2. The average Bonchev–Trinajstić information content (AvgIpc) is 2.80. The molecule has 2 rings (SSSR count). The fourth-order valence-corrected chi connectivity index (χ4v) is 4.06. The van der Waals surface area contributed by atoms with E-state index >= 15 is 0 Å². The Morgan fingerprint density at radius 3 is 2.54 bits per heavy atom. The first-order valence-corrected chi connectivity index (χ1v) is 10.3. The number of aromatic nitrogens is 2. The molecule has 1 aromatic rings. The SMILES string of the molecule is COP(=O)(O)OP(=O)(O)OC[C@H]1O[C@@H](n2ccc(=S)[nH]c2=O)[C@H](O)[C@@H]1O. The van der Waals surface area contributed by atoms with Crippen LogP contribution in [0.3, 0.4) is 0 Å². The Morgan fingerprint density at radius 1 is 1.31 bits per heavy atom. The summed E-state index contributed by atoms with van der Waals surface area (Å²) in [5.74, 6) is 0. The van der Waals surface area contributed by atoms with Crippen LogP contribution in [0.2, 0.25) is 0 Å². The third kappa shape index (κ3) is 5.15. The highest BCUT2D eigenvalue weighted by Crippen LogP contribution is 2.60. The van der Waals surface area contributed by atoms with Crippen molar-refractivity contribution in [3.63, 3.8) is 0 Å². The van der Waals surface area contributed by atoms with Crippen LogP contribution >= 0.6 is 27.9 Å². The Kier molecular flexibility index (Phi) is 6.70. The first kappa shape index (κ1) is 21.5. The molecular formula is C10H16N2O11P2S. The van der Waals surface area contributed by atoms with Crippen molar-refractivity contribution < 1.29 is 47.2 Å². The summed E-state index contributed by atoms with van der Waals surface area (Å²) in [6.07, 6.45) is -4.63. The molecule has 16 heteroatoms. The van der Waals surface area contributed by atoms with Crippen LogP contribution in [0.5, 0.6) is 0 Å². The molecule has 2 unspecified atom stereocenters. The molecule has 0 bridgehead atoms. The minimum absolute atomic E-state index is 0.143. The maximum atomic E-state index is 11.9. The highest BCUT2D eigenvalue weighted by atomic mass is 32.1. The third-order valence-corrected chi connectivity index (χ3v) is 6.13. The molecule has 13 nitrogen and oxygen atoms in total. The van der Waals surface area contributed by atoms with Crippen molar-refractivity contribution in [1.82, 2.24) is 9.55 Å². The maximum Gasteiger partial charge on any atom is 0.481 e. The van der Waals surface area contributed by atoms with Crippen LogP contribution < -0.4 is 5.69 Å². The molecule has 1 fully saturated rings. The topological polar surface area (TPSA) is 190 Å². The van der Waals surface area contributed by atoms with Crippen LogP contribution in [0.25, 0.3) is 0 Å². The summed E-state index contributed by atoms with van der Waals surface area (Å²) >= 11 is 4.78. The number of aromatic amines is 1. The Morgan fingerprint density at radius 2 is 1.96 bits per heavy atom. The summed E-state index contributed by atoms with van der Waals surface area (Å²) in [5.41, 5.74) is -0.715. The van der Waals surface area contributed by atoms with Crippen LogP contribution in [0.15, 0.2) is 17.1 Å². The van der Waals surface area contributed by atoms with Gasteiger partial charge in [0.25, 0.3) is 0 Å². The average molecular weight is 434 g/mol. The van der Waals surface area contributed by atoms with Crippen molar-refractivity contribution in [2.24, 2.45) is 0 Å². The lowest BCUT2D eigenvalue weighted by molar-refractivity contribution is -0.0542. The van der Waals surface area contributed by atoms with Gasteiger partial charge in [0.2, 0.25) is 0 Å².